The lowest BCUT2D eigenvalue weighted by atomic mass is 10.00. The van der Waals surface area contributed by atoms with Crippen LogP contribution in [0.1, 0.15) is 0 Å². The molecule has 0 spiro atoms. The van der Waals surface area contributed by atoms with Crippen molar-refractivity contribution in [1.82, 2.24) is 0 Å². The van der Waals surface area contributed by atoms with Crippen molar-refractivity contribution in [2.75, 3.05) is 4.90 Å². The molecule has 8 rings (SSSR count). The summed E-state index contributed by atoms with van der Waals surface area (Å²) in [6.45, 7) is 0. The summed E-state index contributed by atoms with van der Waals surface area (Å²) in [4.78, 5) is 2.33. The molecule has 0 saturated carbocycles. The Kier molecular flexibility index (Phi) is 5.82. The fraction of sp³-hybridized carbons (Fsp3) is 0. The maximum Gasteiger partial charge on any atom is 0.143 e. The lowest BCUT2D eigenvalue weighted by molar-refractivity contribution is 0.674. The first-order chi connectivity index (χ1) is 20.8. The summed E-state index contributed by atoms with van der Waals surface area (Å²) in [5.74, 6) is 0. The zero-order valence-electron chi connectivity index (χ0n) is 22.9. The van der Waals surface area contributed by atoms with Crippen molar-refractivity contribution >= 4 is 49.8 Å². The first kappa shape index (κ1) is 24.2. The van der Waals surface area contributed by atoms with E-state index in [1.54, 1.807) is 0 Å². The Bertz CT molecular complexity index is 2180. The van der Waals surface area contributed by atoms with Gasteiger partial charge in [0.2, 0.25) is 0 Å². The van der Waals surface area contributed by atoms with E-state index in [1.807, 2.05) is 0 Å². The normalized spacial score (nSPS) is 11.3. The monoisotopic (exact) mass is 537 g/mol. The van der Waals surface area contributed by atoms with Crippen LogP contribution in [0.2, 0.25) is 0 Å². The number of hydrogen-bond donors (Lipinski definition) is 0. The van der Waals surface area contributed by atoms with Gasteiger partial charge in [-0.15, -0.1) is 0 Å². The van der Waals surface area contributed by atoms with Crippen LogP contribution < -0.4 is 4.90 Å². The molecule has 1 heterocycles. The average molecular weight is 538 g/mol. The van der Waals surface area contributed by atoms with Gasteiger partial charge >= 0.3 is 0 Å². The van der Waals surface area contributed by atoms with Crippen LogP contribution in [-0.2, 0) is 0 Å². The fourth-order valence-electron chi connectivity index (χ4n) is 6.08. The van der Waals surface area contributed by atoms with E-state index in [4.69, 9.17) is 4.42 Å². The van der Waals surface area contributed by atoms with Crippen LogP contribution in [-0.4, -0.2) is 0 Å². The van der Waals surface area contributed by atoms with Gasteiger partial charge in [0, 0.05) is 38.7 Å². The zero-order valence-corrected chi connectivity index (χ0v) is 22.9. The van der Waals surface area contributed by atoms with Crippen LogP contribution in [0.5, 0.6) is 0 Å². The van der Waals surface area contributed by atoms with Gasteiger partial charge in [-0.1, -0.05) is 127 Å². The molecule has 0 N–H and O–H groups in total. The molecular weight excluding hydrogens is 510 g/mol. The molecule has 0 aliphatic rings. The van der Waals surface area contributed by atoms with Gasteiger partial charge in [0.1, 0.15) is 11.2 Å². The number of nitrogens with zero attached hydrogens (tertiary/aromatic N) is 1. The van der Waals surface area contributed by atoms with Gasteiger partial charge in [0.05, 0.1) is 5.69 Å². The molecule has 0 saturated heterocycles. The molecule has 7 aromatic carbocycles. The number of fused-ring (bicyclic) bond motifs is 5. The Balaban J connectivity index is 1.26. The van der Waals surface area contributed by atoms with Crippen molar-refractivity contribution in [3.05, 3.63) is 164 Å². The first-order valence-electron chi connectivity index (χ1n) is 14.3. The second-order valence-corrected chi connectivity index (χ2v) is 10.5. The Morgan fingerprint density at radius 1 is 0.357 bits per heavy atom. The topological polar surface area (TPSA) is 16.4 Å². The maximum absolute atomic E-state index is 6.62. The van der Waals surface area contributed by atoms with Crippen molar-refractivity contribution in [2.45, 2.75) is 0 Å². The molecule has 0 bridgehead atoms. The number of para-hydroxylation sites is 3. The van der Waals surface area contributed by atoms with Gasteiger partial charge in [-0.3, -0.25) is 0 Å². The third-order valence-electron chi connectivity index (χ3n) is 8.07. The third-order valence-corrected chi connectivity index (χ3v) is 8.07. The highest BCUT2D eigenvalue weighted by Gasteiger charge is 2.18. The summed E-state index contributed by atoms with van der Waals surface area (Å²) in [5.41, 5.74) is 9.79. The molecule has 0 atom stereocenters. The van der Waals surface area contributed by atoms with Crippen molar-refractivity contribution in [3.63, 3.8) is 0 Å². The van der Waals surface area contributed by atoms with Crippen LogP contribution in [0, 0.1) is 0 Å². The number of anilines is 3. The van der Waals surface area contributed by atoms with Crippen molar-refractivity contribution < 1.29 is 4.42 Å². The van der Waals surface area contributed by atoms with Crippen LogP contribution in [0.15, 0.2) is 168 Å². The second kappa shape index (κ2) is 10.1. The third kappa shape index (κ3) is 4.05. The first-order valence-corrected chi connectivity index (χ1v) is 14.3. The highest BCUT2D eigenvalue weighted by Crippen LogP contribution is 2.42. The van der Waals surface area contributed by atoms with E-state index in [1.165, 1.54) is 16.5 Å². The lowest BCUT2D eigenvalue weighted by Gasteiger charge is -2.28. The SMILES string of the molecule is c1ccc(-c2ccccc2N(c2ccccc2)c2ccc(-c3cccc4c3oc3c5ccccc5ccc43)cc2)cc1. The molecule has 0 radical (unpaired) electrons. The number of hydrogen-bond acceptors (Lipinski definition) is 2. The van der Waals surface area contributed by atoms with E-state index >= 15 is 0 Å². The van der Waals surface area contributed by atoms with Crippen LogP contribution in [0.25, 0.3) is 55.0 Å². The van der Waals surface area contributed by atoms with Gasteiger partial charge in [0.15, 0.2) is 0 Å². The highest BCUT2D eigenvalue weighted by molar-refractivity contribution is 6.17. The molecule has 8 aromatic rings. The molecule has 0 amide bonds. The summed E-state index contributed by atoms with van der Waals surface area (Å²) in [5, 5.41) is 4.62. The molecule has 0 aliphatic heterocycles. The summed E-state index contributed by atoms with van der Waals surface area (Å²) in [6.07, 6.45) is 0. The summed E-state index contributed by atoms with van der Waals surface area (Å²) in [6, 6.07) is 57.8. The summed E-state index contributed by atoms with van der Waals surface area (Å²) >= 11 is 0. The molecule has 2 nitrogen and oxygen atoms in total. The van der Waals surface area contributed by atoms with Gasteiger partial charge in [0.25, 0.3) is 0 Å². The van der Waals surface area contributed by atoms with E-state index in [0.717, 1.165) is 55.5 Å². The molecule has 1 aromatic heterocycles. The molecule has 42 heavy (non-hydrogen) atoms. The van der Waals surface area contributed by atoms with E-state index in [2.05, 4.69) is 169 Å². The Hall–Kier alpha value is -5.60. The van der Waals surface area contributed by atoms with E-state index in [0.29, 0.717) is 0 Å². The average Bonchev–Trinajstić information content (AvgIpc) is 3.46. The van der Waals surface area contributed by atoms with Crippen LogP contribution >= 0.6 is 0 Å². The smallest absolute Gasteiger partial charge is 0.143 e. The predicted molar refractivity (Wildman–Crippen MR) is 177 cm³/mol. The molecular formula is C40H27NO. The molecule has 2 heteroatoms. The number of furan rings is 1. The summed E-state index contributed by atoms with van der Waals surface area (Å²) in [7, 11) is 0. The van der Waals surface area contributed by atoms with E-state index in [9.17, 15) is 0 Å². The minimum Gasteiger partial charge on any atom is -0.455 e. The largest absolute Gasteiger partial charge is 0.455 e. The Labute approximate surface area is 244 Å². The minimum absolute atomic E-state index is 0.922. The lowest BCUT2D eigenvalue weighted by Crippen LogP contribution is -2.11. The fourth-order valence-corrected chi connectivity index (χ4v) is 6.08. The minimum atomic E-state index is 0.922. The van der Waals surface area contributed by atoms with Gasteiger partial charge in [-0.05, 0) is 52.9 Å². The molecule has 0 fully saturated rings. The van der Waals surface area contributed by atoms with Crippen molar-refractivity contribution in [3.8, 4) is 22.3 Å². The van der Waals surface area contributed by atoms with Crippen molar-refractivity contribution in [2.24, 2.45) is 0 Å². The highest BCUT2D eigenvalue weighted by atomic mass is 16.3. The standard InChI is InChI=1S/C40H27NO/c1-3-12-28(13-4-1)33-17-9-10-21-38(33)41(31-15-5-2-6-16-31)32-25-22-30(23-26-32)35-19-11-20-36-37-27-24-29-14-7-8-18-34(29)40(37)42-39(35)36/h1-27H. The molecule has 0 unspecified atom stereocenters. The van der Waals surface area contributed by atoms with Crippen LogP contribution in [0.4, 0.5) is 17.1 Å². The van der Waals surface area contributed by atoms with Crippen LogP contribution in [0.3, 0.4) is 0 Å². The Morgan fingerprint density at radius 3 is 1.79 bits per heavy atom. The quantitative estimate of drug-likeness (QED) is 0.217. The second-order valence-electron chi connectivity index (χ2n) is 10.5. The maximum atomic E-state index is 6.62. The number of rotatable bonds is 5. The van der Waals surface area contributed by atoms with Gasteiger partial charge in [-0.25, -0.2) is 0 Å². The predicted octanol–water partition coefficient (Wildman–Crippen LogP) is 11.5. The molecule has 198 valence electrons. The van der Waals surface area contributed by atoms with Gasteiger partial charge in [-0.2, -0.15) is 0 Å². The zero-order chi connectivity index (χ0) is 27.9. The Morgan fingerprint density at radius 2 is 0.952 bits per heavy atom. The van der Waals surface area contributed by atoms with Gasteiger partial charge < -0.3 is 9.32 Å². The van der Waals surface area contributed by atoms with Crippen molar-refractivity contribution in [1.29, 1.82) is 0 Å². The summed E-state index contributed by atoms with van der Waals surface area (Å²) < 4.78 is 6.62. The molecule has 0 aliphatic carbocycles. The van der Waals surface area contributed by atoms with E-state index in [-0.39, 0.29) is 0 Å². The number of benzene rings is 7. The van der Waals surface area contributed by atoms with E-state index < -0.39 is 0 Å².